The molecule has 8 nitrogen and oxygen atoms in total. The van der Waals surface area contributed by atoms with E-state index in [2.05, 4.69) is 0 Å². The van der Waals surface area contributed by atoms with E-state index in [4.69, 9.17) is 14.6 Å². The molecule has 0 unspecified atom stereocenters. The first-order chi connectivity index (χ1) is 10.7. The Hall–Kier alpha value is -1.84. The van der Waals surface area contributed by atoms with Crippen molar-refractivity contribution < 1.29 is 32.9 Å². The molecular weight excluding hydrogens is 326 g/mol. The van der Waals surface area contributed by atoms with Crippen LogP contribution in [0.4, 0.5) is 0 Å². The molecule has 1 saturated heterocycles. The molecule has 0 atom stereocenters. The molecule has 1 aromatic carbocycles. The first-order valence-electron chi connectivity index (χ1n) is 6.92. The van der Waals surface area contributed by atoms with E-state index in [0.29, 0.717) is 5.75 Å². The first-order valence-corrected chi connectivity index (χ1v) is 8.36. The summed E-state index contributed by atoms with van der Waals surface area (Å²) in [4.78, 5) is 11.0. The SMILES string of the molecule is COc1ccc(S(=O)(=O)N2CCC(O)(C(=O)O)CC2)c(OC)c1. The smallest absolute Gasteiger partial charge is 0.335 e. The second-order valence-corrected chi connectivity index (χ2v) is 7.16. The second kappa shape index (κ2) is 6.34. The third-order valence-corrected chi connectivity index (χ3v) is 5.87. The maximum Gasteiger partial charge on any atom is 0.335 e. The van der Waals surface area contributed by atoms with Gasteiger partial charge in [-0.25, -0.2) is 13.2 Å². The van der Waals surface area contributed by atoms with Gasteiger partial charge in [0.15, 0.2) is 5.60 Å². The number of ether oxygens (including phenoxy) is 2. The lowest BCUT2D eigenvalue weighted by molar-refractivity contribution is -0.162. The standard InChI is InChI=1S/C14H19NO7S/c1-21-10-3-4-12(11(9-10)22-2)23(19,20)15-7-5-14(18,6-8-15)13(16)17/h3-4,9,18H,5-8H2,1-2H3,(H,16,17). The molecule has 1 aliphatic rings. The zero-order chi connectivity index (χ0) is 17.3. The number of hydrogen-bond acceptors (Lipinski definition) is 6. The third kappa shape index (κ3) is 3.26. The Morgan fingerprint density at radius 3 is 2.30 bits per heavy atom. The Labute approximate surface area is 134 Å². The summed E-state index contributed by atoms with van der Waals surface area (Å²) in [6.45, 7) is -0.166. The number of benzene rings is 1. The van der Waals surface area contributed by atoms with Crippen molar-refractivity contribution in [2.24, 2.45) is 0 Å². The molecule has 0 aliphatic carbocycles. The number of carboxylic acid groups (broad SMARTS) is 1. The Bertz CT molecular complexity index is 693. The summed E-state index contributed by atoms with van der Waals surface area (Å²) in [6, 6.07) is 4.35. The van der Waals surface area contributed by atoms with Crippen molar-refractivity contribution in [1.29, 1.82) is 0 Å². The van der Waals surface area contributed by atoms with Crippen molar-refractivity contribution >= 4 is 16.0 Å². The predicted molar refractivity (Wildman–Crippen MR) is 80.1 cm³/mol. The number of piperidine rings is 1. The number of nitrogens with zero attached hydrogens (tertiary/aromatic N) is 1. The van der Waals surface area contributed by atoms with Gasteiger partial charge in [-0.3, -0.25) is 0 Å². The lowest BCUT2D eigenvalue weighted by atomic mass is 9.93. The number of sulfonamides is 1. The van der Waals surface area contributed by atoms with Crippen LogP contribution in [0.3, 0.4) is 0 Å². The Kier molecular flexibility index (Phi) is 4.83. The fourth-order valence-electron chi connectivity index (χ4n) is 2.44. The van der Waals surface area contributed by atoms with E-state index in [9.17, 15) is 18.3 Å². The van der Waals surface area contributed by atoms with E-state index in [0.717, 1.165) is 4.31 Å². The van der Waals surface area contributed by atoms with Crippen LogP contribution in [0.5, 0.6) is 11.5 Å². The highest BCUT2D eigenvalue weighted by Gasteiger charge is 2.42. The van der Waals surface area contributed by atoms with Crippen molar-refractivity contribution in [2.45, 2.75) is 23.3 Å². The Morgan fingerprint density at radius 2 is 1.83 bits per heavy atom. The summed E-state index contributed by atoms with van der Waals surface area (Å²) >= 11 is 0. The number of aliphatic hydroxyl groups is 1. The molecule has 0 aromatic heterocycles. The molecule has 2 N–H and O–H groups in total. The highest BCUT2D eigenvalue weighted by molar-refractivity contribution is 7.89. The molecule has 0 bridgehead atoms. The predicted octanol–water partition coefficient (Wildman–Crippen LogP) is 0.304. The quantitative estimate of drug-likeness (QED) is 0.789. The third-order valence-electron chi connectivity index (χ3n) is 3.94. The maximum absolute atomic E-state index is 12.7. The van der Waals surface area contributed by atoms with Gasteiger partial charge in [-0.2, -0.15) is 4.31 Å². The average Bonchev–Trinajstić information content (AvgIpc) is 2.54. The van der Waals surface area contributed by atoms with Gasteiger partial charge in [0.25, 0.3) is 0 Å². The maximum atomic E-state index is 12.7. The molecule has 1 aromatic rings. The molecule has 128 valence electrons. The van der Waals surface area contributed by atoms with E-state index in [1.54, 1.807) is 0 Å². The normalized spacial score (nSPS) is 18.4. The van der Waals surface area contributed by atoms with Crippen LogP contribution in [0.25, 0.3) is 0 Å². The van der Waals surface area contributed by atoms with Gasteiger partial charge in [0.1, 0.15) is 16.4 Å². The molecule has 23 heavy (non-hydrogen) atoms. The molecule has 0 radical (unpaired) electrons. The van der Waals surface area contributed by atoms with Crippen LogP contribution in [0.1, 0.15) is 12.8 Å². The summed E-state index contributed by atoms with van der Waals surface area (Å²) in [5.41, 5.74) is -1.88. The van der Waals surface area contributed by atoms with Crippen molar-refractivity contribution in [3.8, 4) is 11.5 Å². The fourth-order valence-corrected chi connectivity index (χ4v) is 4.02. The minimum Gasteiger partial charge on any atom is -0.497 e. The van der Waals surface area contributed by atoms with E-state index >= 15 is 0 Å². The minimum absolute atomic E-state index is 0.0263. The average molecular weight is 345 g/mol. The summed E-state index contributed by atoms with van der Waals surface area (Å²) in [5, 5.41) is 18.9. The van der Waals surface area contributed by atoms with Crippen LogP contribution >= 0.6 is 0 Å². The zero-order valence-corrected chi connectivity index (χ0v) is 13.7. The molecule has 2 rings (SSSR count). The monoisotopic (exact) mass is 345 g/mol. The van der Waals surface area contributed by atoms with Gasteiger partial charge in [-0.1, -0.05) is 0 Å². The molecule has 9 heteroatoms. The van der Waals surface area contributed by atoms with E-state index in [1.165, 1.54) is 32.4 Å². The number of rotatable bonds is 5. The van der Waals surface area contributed by atoms with Gasteiger partial charge in [0, 0.05) is 32.0 Å². The highest BCUT2D eigenvalue weighted by atomic mass is 32.2. The van der Waals surface area contributed by atoms with E-state index < -0.39 is 21.6 Å². The molecule has 0 spiro atoms. The van der Waals surface area contributed by atoms with Crippen LogP contribution in [-0.4, -0.2) is 61.8 Å². The van der Waals surface area contributed by atoms with E-state index in [-0.39, 0.29) is 36.6 Å². The van der Waals surface area contributed by atoms with E-state index in [1.807, 2.05) is 0 Å². The number of aliphatic carboxylic acids is 1. The van der Waals surface area contributed by atoms with Crippen LogP contribution in [0.15, 0.2) is 23.1 Å². The molecule has 0 saturated carbocycles. The summed E-state index contributed by atoms with van der Waals surface area (Å²) in [5.74, 6) is -0.736. The lowest BCUT2D eigenvalue weighted by Crippen LogP contribution is -2.50. The topological polar surface area (TPSA) is 113 Å². The molecule has 1 fully saturated rings. The van der Waals surface area contributed by atoms with Gasteiger partial charge < -0.3 is 19.7 Å². The van der Waals surface area contributed by atoms with Crippen molar-refractivity contribution in [3.05, 3.63) is 18.2 Å². The van der Waals surface area contributed by atoms with Crippen LogP contribution in [-0.2, 0) is 14.8 Å². The Morgan fingerprint density at radius 1 is 1.22 bits per heavy atom. The van der Waals surface area contributed by atoms with Gasteiger partial charge in [-0.05, 0) is 12.1 Å². The molecule has 0 amide bonds. The van der Waals surface area contributed by atoms with Gasteiger partial charge in [0.2, 0.25) is 10.0 Å². The van der Waals surface area contributed by atoms with Gasteiger partial charge in [-0.15, -0.1) is 0 Å². The molecule has 1 aliphatic heterocycles. The van der Waals surface area contributed by atoms with Crippen molar-refractivity contribution in [3.63, 3.8) is 0 Å². The highest BCUT2D eigenvalue weighted by Crippen LogP contribution is 2.33. The van der Waals surface area contributed by atoms with Crippen molar-refractivity contribution in [1.82, 2.24) is 4.31 Å². The zero-order valence-electron chi connectivity index (χ0n) is 12.9. The second-order valence-electron chi connectivity index (χ2n) is 5.26. The van der Waals surface area contributed by atoms with Crippen LogP contribution in [0.2, 0.25) is 0 Å². The number of carboxylic acids is 1. The summed E-state index contributed by atoms with van der Waals surface area (Å²) in [7, 11) is -1.04. The van der Waals surface area contributed by atoms with Crippen molar-refractivity contribution in [2.75, 3.05) is 27.3 Å². The van der Waals surface area contributed by atoms with Gasteiger partial charge >= 0.3 is 5.97 Å². The largest absolute Gasteiger partial charge is 0.497 e. The van der Waals surface area contributed by atoms with Crippen LogP contribution in [0, 0.1) is 0 Å². The van der Waals surface area contributed by atoms with Gasteiger partial charge in [0.05, 0.1) is 14.2 Å². The Balaban J connectivity index is 2.28. The molecule has 1 heterocycles. The lowest BCUT2D eigenvalue weighted by Gasteiger charge is -2.34. The number of methoxy groups -OCH3 is 2. The van der Waals surface area contributed by atoms with Crippen LogP contribution < -0.4 is 9.47 Å². The number of hydrogen-bond donors (Lipinski definition) is 2. The first kappa shape index (κ1) is 17.5. The number of carbonyl (C=O) groups is 1. The summed E-state index contributed by atoms with van der Waals surface area (Å²) in [6.07, 6.45) is -0.333. The summed E-state index contributed by atoms with van der Waals surface area (Å²) < 4.78 is 36.7. The minimum atomic E-state index is -3.86. The molecular formula is C14H19NO7S. The fraction of sp³-hybridized carbons (Fsp3) is 0.500.